The van der Waals surface area contributed by atoms with E-state index in [2.05, 4.69) is 4.74 Å². The van der Waals surface area contributed by atoms with Gasteiger partial charge >= 0.3 is 21.5 Å². The molecule has 106 valence electrons. The Labute approximate surface area is 107 Å². The molecule has 0 aliphatic carbocycles. The van der Waals surface area contributed by atoms with Gasteiger partial charge < -0.3 is 4.74 Å². The summed E-state index contributed by atoms with van der Waals surface area (Å²) < 4.78 is 64.4. The van der Waals surface area contributed by atoms with Gasteiger partial charge in [0.2, 0.25) is 0 Å². The number of sulfonamides is 1. The molecule has 0 aromatic heterocycles. The lowest BCUT2D eigenvalue weighted by Crippen LogP contribution is -2.30. The number of alkyl halides is 3. The van der Waals surface area contributed by atoms with Crippen molar-refractivity contribution in [2.45, 2.75) is 12.4 Å². The fraction of sp³-hybridized carbons (Fsp3) is 0.300. The summed E-state index contributed by atoms with van der Waals surface area (Å²) in [6.07, 6.45) is 0. The Morgan fingerprint density at radius 1 is 1.32 bits per heavy atom. The molecular formula is C10H10F3NO4S. The number of hydrogen-bond acceptors (Lipinski definition) is 4. The van der Waals surface area contributed by atoms with Crippen molar-refractivity contribution >= 4 is 21.7 Å². The number of rotatable bonds is 3. The summed E-state index contributed by atoms with van der Waals surface area (Å²) in [5.41, 5.74) is -5.69. The Hall–Kier alpha value is -1.77. The van der Waals surface area contributed by atoms with Crippen LogP contribution in [0.4, 0.5) is 18.9 Å². The number of halogens is 3. The van der Waals surface area contributed by atoms with Gasteiger partial charge in [-0.15, -0.1) is 0 Å². The Bertz CT molecular complexity index is 595. The molecule has 0 fully saturated rings. The molecule has 1 rings (SSSR count). The molecule has 1 aromatic rings. The summed E-state index contributed by atoms with van der Waals surface area (Å²) in [6, 6.07) is 3.64. The maximum absolute atomic E-state index is 12.2. The van der Waals surface area contributed by atoms with Crippen LogP contribution in [-0.2, 0) is 14.8 Å². The van der Waals surface area contributed by atoms with Crippen LogP contribution < -0.4 is 4.72 Å². The number of aryl methyl sites for hydroxylation is 1. The molecule has 0 amide bonds. The fourth-order valence-corrected chi connectivity index (χ4v) is 1.81. The van der Waals surface area contributed by atoms with Crippen molar-refractivity contribution in [2.24, 2.45) is 0 Å². The van der Waals surface area contributed by atoms with Crippen LogP contribution >= 0.6 is 0 Å². The lowest BCUT2D eigenvalue weighted by Gasteiger charge is -2.13. The lowest BCUT2D eigenvalue weighted by atomic mass is 10.1. The monoisotopic (exact) mass is 297 g/mol. The lowest BCUT2D eigenvalue weighted by molar-refractivity contribution is -0.0429. The molecule has 0 spiro atoms. The predicted octanol–water partition coefficient (Wildman–Crippen LogP) is 2.04. The van der Waals surface area contributed by atoms with E-state index in [0.717, 1.165) is 13.2 Å². The van der Waals surface area contributed by atoms with Crippen molar-refractivity contribution < 1.29 is 31.1 Å². The molecular weight excluding hydrogens is 287 g/mol. The molecule has 9 heteroatoms. The number of hydrogen-bond donors (Lipinski definition) is 1. The van der Waals surface area contributed by atoms with Crippen molar-refractivity contribution in [3.8, 4) is 0 Å². The molecule has 0 radical (unpaired) electrons. The average Bonchev–Trinajstić information content (AvgIpc) is 2.28. The number of esters is 1. The topological polar surface area (TPSA) is 72.5 Å². The first-order valence-electron chi connectivity index (χ1n) is 4.86. The number of carbonyl (C=O) groups excluding carboxylic acids is 1. The van der Waals surface area contributed by atoms with Crippen LogP contribution in [0.2, 0.25) is 0 Å². The van der Waals surface area contributed by atoms with Gasteiger partial charge in [0.15, 0.2) is 0 Å². The molecule has 0 unspecified atom stereocenters. The normalized spacial score (nSPS) is 12.1. The zero-order valence-electron chi connectivity index (χ0n) is 9.91. The number of methoxy groups -OCH3 is 1. The van der Waals surface area contributed by atoms with Crippen LogP contribution in [-0.4, -0.2) is 27.0 Å². The van der Waals surface area contributed by atoms with Gasteiger partial charge in [-0.25, -0.2) is 4.79 Å². The third-order valence-electron chi connectivity index (χ3n) is 2.13. The van der Waals surface area contributed by atoms with Crippen LogP contribution in [0.3, 0.4) is 0 Å². The number of ether oxygens (including phenoxy) is 1. The Morgan fingerprint density at radius 2 is 1.89 bits per heavy atom. The van der Waals surface area contributed by atoms with Crippen molar-refractivity contribution in [2.75, 3.05) is 11.8 Å². The van der Waals surface area contributed by atoms with Crippen LogP contribution in [0.1, 0.15) is 15.9 Å². The number of nitrogens with one attached hydrogen (secondary N) is 1. The summed E-state index contributed by atoms with van der Waals surface area (Å²) >= 11 is 0. The summed E-state index contributed by atoms with van der Waals surface area (Å²) in [4.78, 5) is 11.4. The van der Waals surface area contributed by atoms with Gasteiger partial charge in [0.05, 0.1) is 18.4 Å². The van der Waals surface area contributed by atoms with Gasteiger partial charge in [-0.2, -0.15) is 21.6 Å². The summed E-state index contributed by atoms with van der Waals surface area (Å²) in [7, 11) is -4.55. The third kappa shape index (κ3) is 3.37. The highest BCUT2D eigenvalue weighted by Crippen LogP contribution is 2.27. The Kier molecular flexibility index (Phi) is 4.09. The van der Waals surface area contributed by atoms with Crippen molar-refractivity contribution in [1.82, 2.24) is 0 Å². The molecule has 0 bridgehead atoms. The largest absolute Gasteiger partial charge is 0.516 e. The van der Waals surface area contributed by atoms with E-state index in [1.807, 2.05) is 0 Å². The minimum atomic E-state index is -5.59. The van der Waals surface area contributed by atoms with Gasteiger partial charge in [-0.05, 0) is 19.1 Å². The molecule has 5 nitrogen and oxygen atoms in total. The van der Waals surface area contributed by atoms with Crippen LogP contribution in [0, 0.1) is 6.92 Å². The first kappa shape index (κ1) is 15.3. The fourth-order valence-electron chi connectivity index (χ4n) is 1.23. The SMILES string of the molecule is COC(=O)c1cc(C)ccc1NS(=O)(=O)C(F)(F)F. The minimum Gasteiger partial charge on any atom is -0.465 e. The Balaban J connectivity index is 3.26. The molecule has 0 saturated heterocycles. The van der Waals surface area contributed by atoms with E-state index in [0.29, 0.717) is 5.56 Å². The zero-order valence-corrected chi connectivity index (χ0v) is 10.7. The molecule has 0 atom stereocenters. The zero-order chi connectivity index (χ0) is 14.8. The highest BCUT2D eigenvalue weighted by atomic mass is 32.2. The molecule has 1 N–H and O–H groups in total. The summed E-state index contributed by atoms with van der Waals surface area (Å²) in [5, 5.41) is 0. The van der Waals surface area contributed by atoms with E-state index < -0.39 is 27.2 Å². The standard InChI is InChI=1S/C10H10F3NO4S/c1-6-3-4-8(7(5-6)9(15)18-2)14-19(16,17)10(11,12)13/h3-5,14H,1-2H3. The molecule has 0 aliphatic heterocycles. The van der Waals surface area contributed by atoms with E-state index in [9.17, 15) is 26.4 Å². The maximum atomic E-state index is 12.2. The van der Waals surface area contributed by atoms with E-state index in [-0.39, 0.29) is 5.56 Å². The molecule has 0 aliphatic rings. The molecule has 0 heterocycles. The van der Waals surface area contributed by atoms with Crippen molar-refractivity contribution in [3.05, 3.63) is 29.3 Å². The van der Waals surface area contributed by atoms with Crippen LogP contribution in [0.25, 0.3) is 0 Å². The third-order valence-corrected chi connectivity index (χ3v) is 3.23. The minimum absolute atomic E-state index is 0.296. The van der Waals surface area contributed by atoms with E-state index in [4.69, 9.17) is 0 Å². The van der Waals surface area contributed by atoms with E-state index in [1.54, 1.807) is 6.92 Å². The second-order valence-electron chi connectivity index (χ2n) is 3.59. The average molecular weight is 297 g/mol. The Morgan fingerprint density at radius 3 is 2.37 bits per heavy atom. The number of anilines is 1. The van der Waals surface area contributed by atoms with Gasteiger partial charge in [0.1, 0.15) is 0 Å². The smallest absolute Gasteiger partial charge is 0.465 e. The number of carbonyl (C=O) groups is 1. The second-order valence-corrected chi connectivity index (χ2v) is 5.27. The first-order chi connectivity index (χ1) is 8.58. The van der Waals surface area contributed by atoms with Gasteiger partial charge in [-0.1, -0.05) is 11.6 Å². The quantitative estimate of drug-likeness (QED) is 0.867. The van der Waals surface area contributed by atoms with Gasteiger partial charge in [-0.3, -0.25) is 4.72 Å². The number of benzene rings is 1. The van der Waals surface area contributed by atoms with Crippen LogP contribution in [0.15, 0.2) is 18.2 Å². The summed E-state index contributed by atoms with van der Waals surface area (Å²) in [5.74, 6) is -0.941. The van der Waals surface area contributed by atoms with Gasteiger partial charge in [0.25, 0.3) is 0 Å². The van der Waals surface area contributed by atoms with E-state index >= 15 is 0 Å². The molecule has 1 aromatic carbocycles. The summed E-state index contributed by atoms with van der Waals surface area (Å²) in [6.45, 7) is 1.59. The van der Waals surface area contributed by atoms with Gasteiger partial charge in [0, 0.05) is 0 Å². The van der Waals surface area contributed by atoms with Crippen LogP contribution in [0.5, 0.6) is 0 Å². The molecule has 0 saturated carbocycles. The van der Waals surface area contributed by atoms with E-state index in [1.165, 1.54) is 16.9 Å². The maximum Gasteiger partial charge on any atom is 0.516 e. The predicted molar refractivity (Wildman–Crippen MR) is 61.1 cm³/mol. The van der Waals surface area contributed by atoms with Crippen molar-refractivity contribution in [3.63, 3.8) is 0 Å². The highest BCUT2D eigenvalue weighted by Gasteiger charge is 2.46. The second kappa shape index (κ2) is 5.08. The van der Waals surface area contributed by atoms with Crippen molar-refractivity contribution in [1.29, 1.82) is 0 Å². The first-order valence-corrected chi connectivity index (χ1v) is 6.35. The molecule has 19 heavy (non-hydrogen) atoms. The highest BCUT2D eigenvalue weighted by molar-refractivity contribution is 7.93.